The molecule has 0 saturated carbocycles. The average molecular weight is 389 g/mol. The van der Waals surface area contributed by atoms with Gasteiger partial charge < -0.3 is 14.8 Å². The SMILES string of the molecule is C[S+]([O-])c1nc(NCCN2CCCCC2)c2nc(Cl)c(Cl)nc2n1. The van der Waals surface area contributed by atoms with Crippen molar-refractivity contribution in [3.05, 3.63) is 10.3 Å². The molecule has 24 heavy (non-hydrogen) atoms. The van der Waals surface area contributed by atoms with E-state index in [0.717, 1.165) is 19.6 Å². The van der Waals surface area contributed by atoms with Crippen LogP contribution in [-0.4, -0.2) is 61.8 Å². The fourth-order valence-electron chi connectivity index (χ4n) is 2.65. The van der Waals surface area contributed by atoms with Gasteiger partial charge in [0.2, 0.25) is 0 Å². The van der Waals surface area contributed by atoms with Crippen molar-refractivity contribution in [3.8, 4) is 0 Å². The lowest BCUT2D eigenvalue weighted by Crippen LogP contribution is -2.33. The molecule has 0 radical (unpaired) electrons. The van der Waals surface area contributed by atoms with E-state index in [1.165, 1.54) is 25.5 Å². The lowest BCUT2D eigenvalue weighted by molar-refractivity contribution is 0.237. The maximum absolute atomic E-state index is 11.8. The van der Waals surface area contributed by atoms with Crippen LogP contribution in [0, 0.1) is 0 Å². The zero-order valence-electron chi connectivity index (χ0n) is 13.3. The molecule has 3 rings (SSSR count). The first-order chi connectivity index (χ1) is 11.5. The molecule has 10 heteroatoms. The van der Waals surface area contributed by atoms with Crippen LogP contribution >= 0.6 is 23.2 Å². The van der Waals surface area contributed by atoms with Gasteiger partial charge in [0.1, 0.15) is 6.26 Å². The molecule has 0 aliphatic carbocycles. The summed E-state index contributed by atoms with van der Waals surface area (Å²) in [4.78, 5) is 19.2. The standard InChI is InChI=1S/C14H18Cl2N6OS/c1-24(23)14-20-12(17-5-8-22-6-3-2-4-7-22)9-13(21-14)19-11(16)10(15)18-9/h2-8H2,1H3,(H,17,19,20,21). The Morgan fingerprint density at radius 2 is 1.79 bits per heavy atom. The molecule has 1 atom stereocenters. The zero-order valence-corrected chi connectivity index (χ0v) is 15.6. The van der Waals surface area contributed by atoms with Crippen LogP contribution in [0.2, 0.25) is 10.3 Å². The van der Waals surface area contributed by atoms with Gasteiger partial charge >= 0.3 is 5.16 Å². The molecule has 1 aliphatic rings. The number of aromatic nitrogens is 4. The smallest absolute Gasteiger partial charge is 0.346 e. The van der Waals surface area contributed by atoms with E-state index in [1.54, 1.807) is 0 Å². The quantitative estimate of drug-likeness (QED) is 0.620. The topological polar surface area (TPSA) is 89.9 Å². The van der Waals surface area contributed by atoms with Crippen LogP contribution in [0.1, 0.15) is 19.3 Å². The number of halogens is 2. The Bertz CT molecular complexity index is 726. The van der Waals surface area contributed by atoms with E-state index in [-0.39, 0.29) is 21.1 Å². The first kappa shape index (κ1) is 17.9. The molecule has 1 unspecified atom stereocenters. The summed E-state index contributed by atoms with van der Waals surface area (Å²) < 4.78 is 11.8. The van der Waals surface area contributed by atoms with Gasteiger partial charge in [-0.3, -0.25) is 0 Å². The van der Waals surface area contributed by atoms with Crippen molar-refractivity contribution in [2.75, 3.05) is 37.8 Å². The highest BCUT2D eigenvalue weighted by atomic mass is 35.5. The van der Waals surface area contributed by atoms with Crippen LogP contribution in [0.4, 0.5) is 5.82 Å². The first-order valence-corrected chi connectivity index (χ1v) is 10.1. The van der Waals surface area contributed by atoms with E-state index in [2.05, 4.69) is 30.2 Å². The number of nitrogens with one attached hydrogen (secondary N) is 1. The highest BCUT2D eigenvalue weighted by molar-refractivity contribution is 7.90. The van der Waals surface area contributed by atoms with Crippen LogP contribution in [0.5, 0.6) is 0 Å². The van der Waals surface area contributed by atoms with Crippen LogP contribution < -0.4 is 5.32 Å². The molecule has 1 saturated heterocycles. The summed E-state index contributed by atoms with van der Waals surface area (Å²) in [5, 5.41) is 3.60. The highest BCUT2D eigenvalue weighted by Gasteiger charge is 2.18. The molecule has 130 valence electrons. The van der Waals surface area contributed by atoms with Gasteiger partial charge in [0.15, 0.2) is 27.3 Å². The Morgan fingerprint density at radius 1 is 1.08 bits per heavy atom. The Hall–Kier alpha value is -0.930. The first-order valence-electron chi connectivity index (χ1n) is 7.75. The zero-order chi connectivity index (χ0) is 17.1. The molecule has 3 heterocycles. The minimum atomic E-state index is -1.33. The normalized spacial score (nSPS) is 17.2. The second kappa shape index (κ2) is 7.97. The molecule has 1 fully saturated rings. The Morgan fingerprint density at radius 3 is 2.50 bits per heavy atom. The predicted octanol–water partition coefficient (Wildman–Crippen LogP) is 2.36. The Kier molecular flexibility index (Phi) is 5.93. The molecular weight excluding hydrogens is 371 g/mol. The summed E-state index contributed by atoms with van der Waals surface area (Å²) in [5.74, 6) is 0.480. The molecule has 1 aliphatic heterocycles. The average Bonchev–Trinajstić information content (AvgIpc) is 2.57. The van der Waals surface area contributed by atoms with Crippen LogP contribution in [0.3, 0.4) is 0 Å². The van der Waals surface area contributed by atoms with Gasteiger partial charge in [-0.1, -0.05) is 29.6 Å². The van der Waals surface area contributed by atoms with Gasteiger partial charge in [0.05, 0.1) is 0 Å². The lowest BCUT2D eigenvalue weighted by atomic mass is 10.1. The van der Waals surface area contributed by atoms with Crippen molar-refractivity contribution in [2.45, 2.75) is 24.4 Å². The van der Waals surface area contributed by atoms with Crippen molar-refractivity contribution in [3.63, 3.8) is 0 Å². The second-order valence-corrected chi connectivity index (χ2v) is 7.60. The number of anilines is 1. The number of nitrogens with zero attached hydrogens (tertiary/aromatic N) is 5. The van der Waals surface area contributed by atoms with Gasteiger partial charge in [-0.05, 0) is 25.9 Å². The van der Waals surface area contributed by atoms with Crippen LogP contribution in [0.15, 0.2) is 5.16 Å². The molecule has 0 spiro atoms. The van der Waals surface area contributed by atoms with Gasteiger partial charge in [-0.25, -0.2) is 9.97 Å². The van der Waals surface area contributed by atoms with Crippen molar-refractivity contribution < 1.29 is 4.55 Å². The van der Waals surface area contributed by atoms with Crippen LogP contribution in [0.25, 0.3) is 11.2 Å². The van der Waals surface area contributed by atoms with Gasteiger partial charge in [-0.15, -0.1) is 0 Å². The van der Waals surface area contributed by atoms with E-state index in [9.17, 15) is 4.55 Å². The maximum Gasteiger partial charge on any atom is 0.346 e. The number of piperidine rings is 1. The van der Waals surface area contributed by atoms with Gasteiger partial charge in [-0.2, -0.15) is 9.97 Å². The Balaban J connectivity index is 1.82. The fourth-order valence-corrected chi connectivity index (χ4v) is 3.34. The molecule has 1 N–H and O–H groups in total. The van der Waals surface area contributed by atoms with E-state index in [1.807, 2.05) is 0 Å². The Labute approximate surface area is 153 Å². The second-order valence-electron chi connectivity index (χ2n) is 5.62. The predicted molar refractivity (Wildman–Crippen MR) is 96.3 cm³/mol. The number of likely N-dealkylation sites (tertiary alicyclic amines) is 1. The van der Waals surface area contributed by atoms with Gasteiger partial charge in [0.25, 0.3) is 0 Å². The summed E-state index contributed by atoms with van der Waals surface area (Å²) in [6.45, 7) is 3.85. The summed E-state index contributed by atoms with van der Waals surface area (Å²) in [5.41, 5.74) is 0.710. The number of fused-ring (bicyclic) bond motifs is 1. The van der Waals surface area contributed by atoms with Crippen molar-refractivity contribution in [1.29, 1.82) is 0 Å². The van der Waals surface area contributed by atoms with Crippen molar-refractivity contribution in [2.24, 2.45) is 0 Å². The molecule has 0 aromatic carbocycles. The van der Waals surface area contributed by atoms with Crippen LogP contribution in [-0.2, 0) is 11.2 Å². The third-order valence-electron chi connectivity index (χ3n) is 3.86. The molecular formula is C14H18Cl2N6OS. The molecule has 2 aromatic rings. The number of hydrogen-bond acceptors (Lipinski definition) is 7. The minimum Gasteiger partial charge on any atom is -0.609 e. The third-order valence-corrected chi connectivity index (χ3v) is 5.18. The summed E-state index contributed by atoms with van der Waals surface area (Å²) in [6, 6.07) is 0. The summed E-state index contributed by atoms with van der Waals surface area (Å²) in [7, 11) is 0. The largest absolute Gasteiger partial charge is 0.609 e. The molecule has 2 aromatic heterocycles. The third kappa shape index (κ3) is 4.18. The van der Waals surface area contributed by atoms with E-state index in [0.29, 0.717) is 17.9 Å². The maximum atomic E-state index is 11.8. The van der Waals surface area contributed by atoms with Crippen molar-refractivity contribution in [1.82, 2.24) is 24.8 Å². The van der Waals surface area contributed by atoms with E-state index in [4.69, 9.17) is 23.2 Å². The molecule has 7 nitrogen and oxygen atoms in total. The molecule has 0 bridgehead atoms. The monoisotopic (exact) mass is 388 g/mol. The van der Waals surface area contributed by atoms with E-state index < -0.39 is 11.2 Å². The van der Waals surface area contributed by atoms with E-state index >= 15 is 0 Å². The molecule has 0 amide bonds. The summed E-state index contributed by atoms with van der Waals surface area (Å²) >= 11 is 10.5. The number of rotatable bonds is 5. The lowest BCUT2D eigenvalue weighted by Gasteiger charge is -2.26. The summed E-state index contributed by atoms with van der Waals surface area (Å²) in [6.07, 6.45) is 5.31. The fraction of sp³-hybridized carbons (Fsp3) is 0.571. The van der Waals surface area contributed by atoms with Gasteiger partial charge in [0, 0.05) is 24.3 Å². The number of hydrogen-bond donors (Lipinski definition) is 1. The minimum absolute atomic E-state index is 0.0648. The highest BCUT2D eigenvalue weighted by Crippen LogP contribution is 2.25. The van der Waals surface area contributed by atoms with Crippen molar-refractivity contribution >= 4 is 51.4 Å².